The van der Waals surface area contributed by atoms with Gasteiger partial charge in [-0.15, -0.1) is 0 Å². The Kier molecular flexibility index (Phi) is 22.6. The fourth-order valence-corrected chi connectivity index (χ4v) is 6.02. The van der Waals surface area contributed by atoms with Crippen LogP contribution in [-0.4, -0.2) is 41.4 Å². The number of carbonyl (C=O) groups is 1. The van der Waals surface area contributed by atoms with Crippen LogP contribution >= 0.6 is 0 Å². The summed E-state index contributed by atoms with van der Waals surface area (Å²) in [6, 6.07) is 0. The van der Waals surface area contributed by atoms with Gasteiger partial charge in [-0.25, -0.2) is 0 Å². The number of hydrogen-bond acceptors (Lipinski definition) is 3. The molecule has 0 saturated carbocycles. The molecule has 0 aromatic heterocycles. The van der Waals surface area contributed by atoms with Gasteiger partial charge in [0.2, 0.25) is 5.91 Å². The van der Waals surface area contributed by atoms with Crippen molar-refractivity contribution in [1.29, 1.82) is 0 Å². The first-order valence-corrected chi connectivity index (χ1v) is 17.2. The Balaban J connectivity index is 2.36. The second kappa shape index (κ2) is 24.6. The summed E-state index contributed by atoms with van der Waals surface area (Å²) in [5.41, 5.74) is -0.659. The van der Waals surface area contributed by atoms with Crippen LogP contribution in [-0.2, 0) is 4.79 Å². The lowest BCUT2D eigenvalue weighted by molar-refractivity contribution is -0.145. The first kappa shape index (κ1) is 35.9. The van der Waals surface area contributed by atoms with Gasteiger partial charge in [0.25, 0.3) is 0 Å². The molecular weight excluding hydrogens is 480 g/mol. The maximum Gasteiger partial charge on any atom is 0.236 e. The van der Waals surface area contributed by atoms with Crippen molar-refractivity contribution in [2.24, 2.45) is 10.4 Å². The molecule has 2 unspecified atom stereocenters. The summed E-state index contributed by atoms with van der Waals surface area (Å²) < 4.78 is 0. The van der Waals surface area contributed by atoms with E-state index < -0.39 is 11.5 Å². The van der Waals surface area contributed by atoms with Crippen molar-refractivity contribution in [2.75, 3.05) is 13.1 Å². The Hall–Kier alpha value is -1.16. The van der Waals surface area contributed by atoms with Gasteiger partial charge < -0.3 is 10.0 Å². The maximum atomic E-state index is 13.6. The lowest BCUT2D eigenvalue weighted by atomic mass is 9.72. The molecule has 0 bridgehead atoms. The normalized spacial score (nSPS) is 15.8. The van der Waals surface area contributed by atoms with Gasteiger partial charge in [-0.3, -0.25) is 9.79 Å². The summed E-state index contributed by atoms with van der Waals surface area (Å²) >= 11 is 0. The average Bonchev–Trinajstić information content (AvgIpc) is 3.47. The number of nitrogens with zero attached hydrogens (tertiary/aromatic N) is 2. The lowest BCUT2D eigenvalue weighted by Crippen LogP contribution is -2.49. The summed E-state index contributed by atoms with van der Waals surface area (Å²) in [5, 5.41) is 10.9. The van der Waals surface area contributed by atoms with E-state index in [9.17, 15) is 9.90 Å². The smallest absolute Gasteiger partial charge is 0.236 e. The van der Waals surface area contributed by atoms with Crippen molar-refractivity contribution in [3.8, 4) is 0 Å². The third-order valence-corrected chi connectivity index (χ3v) is 8.79. The zero-order valence-corrected chi connectivity index (χ0v) is 26.4. The van der Waals surface area contributed by atoms with E-state index in [-0.39, 0.29) is 5.91 Å². The van der Waals surface area contributed by atoms with Crippen molar-refractivity contribution >= 4 is 12.2 Å². The molecule has 2 atom stereocenters. The fourth-order valence-electron chi connectivity index (χ4n) is 6.02. The minimum absolute atomic E-state index is 0.104. The number of aliphatic imine (C=N–C) groups is 1. The number of amides is 1. The number of allylic oxidation sites excluding steroid dienone is 2. The van der Waals surface area contributed by atoms with Crippen LogP contribution in [0.2, 0.25) is 0 Å². The predicted octanol–water partition coefficient (Wildman–Crippen LogP) is 10.2. The van der Waals surface area contributed by atoms with Gasteiger partial charge in [-0.1, -0.05) is 142 Å². The molecule has 39 heavy (non-hydrogen) atoms. The summed E-state index contributed by atoms with van der Waals surface area (Å²) in [6.45, 7) is 7.74. The van der Waals surface area contributed by atoms with E-state index in [2.05, 4.69) is 31.0 Å². The largest absolute Gasteiger partial charge is 0.392 e. The SMILES string of the molecule is CCCCCCCCC=CCCCCCCC(CCCCCCCCCCCC)(C(=O)N1C=NCC1)C(C)O. The maximum absolute atomic E-state index is 13.6. The van der Waals surface area contributed by atoms with Crippen LogP contribution in [0.5, 0.6) is 0 Å². The first-order valence-electron chi connectivity index (χ1n) is 17.2. The Morgan fingerprint density at radius 2 is 1.15 bits per heavy atom. The van der Waals surface area contributed by atoms with Crippen LogP contribution in [0.15, 0.2) is 17.1 Å². The standard InChI is InChI=1S/C35H66N2O2/c1-4-6-8-10-12-14-16-17-18-19-21-23-25-27-29-35(33(3)38,34(39)37-31-30-36-32-37)28-26-24-22-20-15-13-11-9-7-5-2/h17-18,32-33,38H,4-16,19-31H2,1-3H3. The monoisotopic (exact) mass is 547 g/mol. The molecule has 1 aliphatic heterocycles. The molecule has 0 aromatic carbocycles. The zero-order chi connectivity index (χ0) is 28.4. The van der Waals surface area contributed by atoms with Crippen molar-refractivity contribution in [3.05, 3.63) is 12.2 Å². The molecule has 1 N–H and O–H groups in total. The second-order valence-electron chi connectivity index (χ2n) is 12.3. The average molecular weight is 547 g/mol. The molecule has 0 aliphatic carbocycles. The van der Waals surface area contributed by atoms with Crippen LogP contribution in [0.25, 0.3) is 0 Å². The van der Waals surface area contributed by atoms with Gasteiger partial charge in [-0.05, 0) is 45.4 Å². The Bertz CT molecular complexity index is 630. The number of rotatable bonds is 27. The predicted molar refractivity (Wildman–Crippen MR) is 170 cm³/mol. The quantitative estimate of drug-likeness (QED) is 0.0823. The Morgan fingerprint density at radius 1 is 0.744 bits per heavy atom. The van der Waals surface area contributed by atoms with E-state index >= 15 is 0 Å². The Morgan fingerprint density at radius 3 is 1.54 bits per heavy atom. The highest BCUT2D eigenvalue weighted by Crippen LogP contribution is 2.38. The number of unbranched alkanes of at least 4 members (excludes halogenated alkanes) is 19. The highest BCUT2D eigenvalue weighted by atomic mass is 16.3. The molecule has 0 fully saturated rings. The molecule has 1 heterocycles. The van der Waals surface area contributed by atoms with Crippen molar-refractivity contribution in [2.45, 2.75) is 181 Å². The third-order valence-electron chi connectivity index (χ3n) is 8.79. The van der Waals surface area contributed by atoms with Crippen LogP contribution in [0.1, 0.15) is 175 Å². The molecule has 228 valence electrons. The summed E-state index contributed by atoms with van der Waals surface area (Å²) in [7, 11) is 0. The van der Waals surface area contributed by atoms with E-state index in [4.69, 9.17) is 0 Å². The molecule has 4 heteroatoms. The minimum atomic E-state index is -0.659. The number of carbonyl (C=O) groups excluding carboxylic acids is 1. The molecule has 1 aliphatic rings. The number of aliphatic hydroxyl groups excluding tert-OH is 1. The molecule has 1 amide bonds. The van der Waals surface area contributed by atoms with Crippen LogP contribution in [0.3, 0.4) is 0 Å². The van der Waals surface area contributed by atoms with Gasteiger partial charge in [0.05, 0.1) is 24.4 Å². The number of aliphatic hydroxyl groups is 1. The van der Waals surface area contributed by atoms with Crippen LogP contribution in [0.4, 0.5) is 0 Å². The van der Waals surface area contributed by atoms with E-state index in [0.29, 0.717) is 13.1 Å². The third kappa shape index (κ3) is 16.6. The molecule has 0 spiro atoms. The summed E-state index contributed by atoms with van der Waals surface area (Å²) in [5.74, 6) is 0.104. The van der Waals surface area contributed by atoms with Gasteiger partial charge in [0.15, 0.2) is 0 Å². The van der Waals surface area contributed by atoms with E-state index in [1.54, 1.807) is 11.2 Å². The molecule has 0 aromatic rings. The van der Waals surface area contributed by atoms with Gasteiger partial charge in [0, 0.05) is 6.54 Å². The van der Waals surface area contributed by atoms with Gasteiger partial charge in [-0.2, -0.15) is 0 Å². The molecule has 4 nitrogen and oxygen atoms in total. The van der Waals surface area contributed by atoms with Gasteiger partial charge >= 0.3 is 0 Å². The van der Waals surface area contributed by atoms with Crippen molar-refractivity contribution in [3.63, 3.8) is 0 Å². The highest BCUT2D eigenvalue weighted by Gasteiger charge is 2.44. The summed E-state index contributed by atoms with van der Waals surface area (Å²) in [6.07, 6.45) is 35.4. The zero-order valence-electron chi connectivity index (χ0n) is 26.4. The van der Waals surface area contributed by atoms with Crippen molar-refractivity contribution < 1.29 is 9.90 Å². The van der Waals surface area contributed by atoms with Gasteiger partial charge in [0.1, 0.15) is 0 Å². The number of hydrogen-bond donors (Lipinski definition) is 1. The Labute approximate surface area is 243 Å². The molecule has 0 radical (unpaired) electrons. The topological polar surface area (TPSA) is 52.9 Å². The van der Waals surface area contributed by atoms with E-state index in [1.165, 1.54) is 116 Å². The van der Waals surface area contributed by atoms with Crippen LogP contribution in [0, 0.1) is 5.41 Å². The summed E-state index contributed by atoms with van der Waals surface area (Å²) in [4.78, 5) is 19.7. The van der Waals surface area contributed by atoms with Crippen LogP contribution < -0.4 is 0 Å². The molecule has 1 rings (SSSR count). The van der Waals surface area contributed by atoms with E-state index in [1.807, 2.05) is 6.92 Å². The second-order valence-corrected chi connectivity index (χ2v) is 12.3. The molecular formula is C35H66N2O2. The molecule has 0 saturated heterocycles. The fraction of sp³-hybridized carbons (Fsp3) is 0.886. The lowest BCUT2D eigenvalue weighted by Gasteiger charge is -2.37. The first-order chi connectivity index (χ1) is 19.1. The van der Waals surface area contributed by atoms with Crippen molar-refractivity contribution in [1.82, 2.24) is 4.90 Å². The minimum Gasteiger partial charge on any atom is -0.392 e. The highest BCUT2D eigenvalue weighted by molar-refractivity contribution is 5.93. The van der Waals surface area contributed by atoms with E-state index in [0.717, 1.165) is 38.5 Å².